The van der Waals surface area contributed by atoms with Crippen LogP contribution in [-0.4, -0.2) is 42.1 Å². The highest BCUT2D eigenvalue weighted by Gasteiger charge is 2.44. The first kappa shape index (κ1) is 18.9. The Balaban J connectivity index is 1.76. The van der Waals surface area contributed by atoms with Crippen molar-refractivity contribution in [3.8, 4) is 5.75 Å². The zero-order chi connectivity index (χ0) is 19.7. The first-order chi connectivity index (χ1) is 13.6. The third kappa shape index (κ3) is 3.39. The average Bonchev–Trinajstić information content (AvgIpc) is 2.76. The molecule has 0 N–H and O–H groups in total. The van der Waals surface area contributed by atoms with Crippen molar-refractivity contribution in [3.63, 3.8) is 0 Å². The monoisotopic (exact) mass is 380 g/mol. The number of carbonyl (C=O) groups excluding carboxylic acids is 1. The van der Waals surface area contributed by atoms with Crippen molar-refractivity contribution in [1.82, 2.24) is 9.88 Å². The maximum Gasteiger partial charge on any atom is 0.306 e. The molecule has 5 atom stereocenters. The van der Waals surface area contributed by atoms with Crippen LogP contribution in [0.3, 0.4) is 0 Å². The van der Waals surface area contributed by atoms with E-state index in [9.17, 15) is 4.79 Å². The van der Waals surface area contributed by atoms with Crippen LogP contribution >= 0.6 is 0 Å². The number of hydrogen-bond acceptors (Lipinski definition) is 5. The molecule has 3 saturated heterocycles. The Kier molecular flexibility index (Phi) is 5.36. The molecule has 0 spiro atoms. The van der Waals surface area contributed by atoms with Crippen molar-refractivity contribution in [1.29, 1.82) is 0 Å². The van der Waals surface area contributed by atoms with Crippen LogP contribution in [0.1, 0.15) is 37.9 Å². The van der Waals surface area contributed by atoms with Crippen LogP contribution in [0, 0.1) is 11.8 Å². The largest absolute Gasteiger partial charge is 0.497 e. The highest BCUT2D eigenvalue weighted by atomic mass is 16.5. The summed E-state index contributed by atoms with van der Waals surface area (Å²) < 4.78 is 11.5. The lowest BCUT2D eigenvalue weighted by Gasteiger charge is -2.51. The predicted octanol–water partition coefficient (Wildman–Crippen LogP) is 4.13. The molecule has 5 rings (SSSR count). The minimum Gasteiger partial charge on any atom is -0.497 e. The molecule has 1 aromatic carbocycles. The van der Waals surface area contributed by atoms with E-state index in [0.29, 0.717) is 18.3 Å². The lowest BCUT2D eigenvalue weighted by atomic mass is 9.73. The zero-order valence-corrected chi connectivity index (χ0v) is 16.6. The Bertz CT molecular complexity index is 881. The number of carbonyl (C=O) groups is 1. The number of esters is 1. The van der Waals surface area contributed by atoms with E-state index in [-0.39, 0.29) is 18.1 Å². The van der Waals surface area contributed by atoms with E-state index in [4.69, 9.17) is 9.47 Å². The summed E-state index contributed by atoms with van der Waals surface area (Å²) >= 11 is 0. The quantitative estimate of drug-likeness (QED) is 0.557. The van der Waals surface area contributed by atoms with E-state index in [2.05, 4.69) is 22.5 Å². The van der Waals surface area contributed by atoms with Crippen LogP contribution in [0.15, 0.2) is 43.1 Å². The van der Waals surface area contributed by atoms with Crippen LogP contribution in [0.2, 0.25) is 0 Å². The number of nitrogens with zero attached hydrogens (tertiary/aromatic N) is 2. The molecule has 148 valence electrons. The summed E-state index contributed by atoms with van der Waals surface area (Å²) in [5, 5.41) is 0.985. The number of benzene rings is 1. The van der Waals surface area contributed by atoms with E-state index in [1.165, 1.54) is 6.42 Å². The summed E-state index contributed by atoms with van der Waals surface area (Å²) in [6.45, 7) is 7.90. The standard InChI is InChI=1S/C23H28N2O3/c1-4-15-14-25-11-9-16(15)12-21(25)23(28-22(26)5-2)18-8-10-24-20-7-6-17(27-3)13-19(18)20/h4,6-8,10,13,15-16,21,23H,1,5,9,11-12,14H2,2-3H3/t15-,16-,21-,23+/m0/s1. The normalized spacial score (nSPS) is 27.4. The van der Waals surface area contributed by atoms with Gasteiger partial charge in [0.15, 0.2) is 0 Å². The molecule has 3 fully saturated rings. The fourth-order valence-corrected chi connectivity index (χ4v) is 4.79. The lowest BCUT2D eigenvalue weighted by molar-refractivity contribution is -0.156. The molecule has 5 nitrogen and oxygen atoms in total. The number of pyridine rings is 1. The number of ether oxygens (including phenoxy) is 2. The van der Waals surface area contributed by atoms with E-state index in [1.54, 1.807) is 13.3 Å². The van der Waals surface area contributed by atoms with Crippen LogP contribution in [0.25, 0.3) is 10.9 Å². The molecule has 0 aliphatic carbocycles. The molecule has 4 heterocycles. The minimum atomic E-state index is -0.307. The van der Waals surface area contributed by atoms with Crippen LogP contribution in [-0.2, 0) is 9.53 Å². The van der Waals surface area contributed by atoms with Gasteiger partial charge >= 0.3 is 5.97 Å². The fourth-order valence-electron chi connectivity index (χ4n) is 4.79. The van der Waals surface area contributed by atoms with E-state index in [0.717, 1.165) is 41.7 Å². The molecule has 0 saturated carbocycles. The second kappa shape index (κ2) is 7.92. The van der Waals surface area contributed by atoms with Crippen molar-refractivity contribution in [2.45, 2.75) is 38.3 Å². The molecule has 2 bridgehead atoms. The van der Waals surface area contributed by atoms with Crippen molar-refractivity contribution in [2.75, 3.05) is 20.2 Å². The number of aromatic nitrogens is 1. The molecular weight excluding hydrogens is 352 g/mol. The Morgan fingerprint density at radius 3 is 2.96 bits per heavy atom. The average molecular weight is 380 g/mol. The Hall–Kier alpha value is -2.40. The zero-order valence-electron chi connectivity index (χ0n) is 16.6. The summed E-state index contributed by atoms with van der Waals surface area (Å²) in [4.78, 5) is 19.3. The van der Waals surface area contributed by atoms with Gasteiger partial charge in [-0.3, -0.25) is 14.7 Å². The first-order valence-corrected chi connectivity index (χ1v) is 10.1. The Labute approximate surface area is 166 Å². The fraction of sp³-hybridized carbons (Fsp3) is 0.478. The third-order valence-electron chi connectivity index (χ3n) is 6.34. The molecule has 0 amide bonds. The van der Waals surface area contributed by atoms with Gasteiger partial charge in [-0.05, 0) is 55.5 Å². The first-order valence-electron chi connectivity index (χ1n) is 10.1. The van der Waals surface area contributed by atoms with Gasteiger partial charge in [-0.25, -0.2) is 0 Å². The van der Waals surface area contributed by atoms with Crippen molar-refractivity contribution in [3.05, 3.63) is 48.7 Å². The van der Waals surface area contributed by atoms with Crippen molar-refractivity contribution >= 4 is 16.9 Å². The maximum absolute atomic E-state index is 12.3. The number of rotatable bonds is 6. The van der Waals surface area contributed by atoms with Gasteiger partial charge in [0.2, 0.25) is 0 Å². The molecule has 3 aliphatic rings. The number of fused-ring (bicyclic) bond motifs is 4. The second-order valence-electron chi connectivity index (χ2n) is 7.79. The van der Waals surface area contributed by atoms with Crippen LogP contribution in [0.4, 0.5) is 0 Å². The minimum absolute atomic E-state index is 0.166. The summed E-state index contributed by atoms with van der Waals surface area (Å²) in [5.41, 5.74) is 1.90. The summed E-state index contributed by atoms with van der Waals surface area (Å²) in [7, 11) is 1.66. The highest BCUT2D eigenvalue weighted by Crippen LogP contribution is 2.43. The molecule has 2 aromatic rings. The van der Waals surface area contributed by atoms with Gasteiger partial charge in [-0.2, -0.15) is 0 Å². The molecule has 5 heteroatoms. The van der Waals surface area contributed by atoms with Gasteiger partial charge in [-0.1, -0.05) is 13.0 Å². The van der Waals surface area contributed by atoms with Crippen molar-refractivity contribution < 1.29 is 14.3 Å². The van der Waals surface area contributed by atoms with Gasteiger partial charge in [0.05, 0.1) is 18.7 Å². The molecule has 3 aliphatic heterocycles. The van der Waals surface area contributed by atoms with Crippen LogP contribution < -0.4 is 4.74 Å². The third-order valence-corrected chi connectivity index (χ3v) is 6.34. The van der Waals surface area contributed by atoms with E-state index >= 15 is 0 Å². The van der Waals surface area contributed by atoms with E-state index in [1.807, 2.05) is 31.2 Å². The van der Waals surface area contributed by atoms with Gasteiger partial charge in [0.1, 0.15) is 11.9 Å². The number of methoxy groups -OCH3 is 1. The Morgan fingerprint density at radius 1 is 1.43 bits per heavy atom. The summed E-state index contributed by atoms with van der Waals surface area (Å²) in [6, 6.07) is 8.03. The number of hydrogen-bond donors (Lipinski definition) is 0. The van der Waals surface area contributed by atoms with E-state index < -0.39 is 0 Å². The molecule has 0 radical (unpaired) electrons. The van der Waals surface area contributed by atoms with Crippen molar-refractivity contribution in [2.24, 2.45) is 11.8 Å². The molecule has 1 aromatic heterocycles. The molecular formula is C23H28N2O3. The highest BCUT2D eigenvalue weighted by molar-refractivity contribution is 5.84. The van der Waals surface area contributed by atoms with Gasteiger partial charge in [-0.15, -0.1) is 6.58 Å². The van der Waals surface area contributed by atoms with Gasteiger partial charge in [0, 0.05) is 30.1 Å². The van der Waals surface area contributed by atoms with Gasteiger partial charge in [0.25, 0.3) is 0 Å². The second-order valence-corrected chi connectivity index (χ2v) is 7.79. The Morgan fingerprint density at radius 2 is 2.29 bits per heavy atom. The molecule has 28 heavy (non-hydrogen) atoms. The van der Waals surface area contributed by atoms with Crippen LogP contribution in [0.5, 0.6) is 5.75 Å². The smallest absolute Gasteiger partial charge is 0.306 e. The maximum atomic E-state index is 12.3. The summed E-state index contributed by atoms with van der Waals surface area (Å²) in [5.74, 6) is 1.75. The molecule has 1 unspecified atom stereocenters. The number of piperidine rings is 3. The summed E-state index contributed by atoms with van der Waals surface area (Å²) in [6.07, 6.45) is 6.17. The van der Waals surface area contributed by atoms with Gasteiger partial charge < -0.3 is 9.47 Å². The topological polar surface area (TPSA) is 51.7 Å². The SMILES string of the molecule is C=C[C@H]1CN2CC[C@H]1C[C@H]2[C@H](OC(=O)CC)c1ccnc2ccc(OC)cc12. The predicted molar refractivity (Wildman–Crippen MR) is 109 cm³/mol. The lowest BCUT2D eigenvalue weighted by Crippen LogP contribution is -2.55.